The van der Waals surface area contributed by atoms with E-state index in [0.717, 1.165) is 10.6 Å². The third-order valence-electron chi connectivity index (χ3n) is 3.96. The molecule has 0 spiro atoms. The van der Waals surface area contributed by atoms with Crippen molar-refractivity contribution in [3.8, 4) is 0 Å². The normalized spacial score (nSPS) is 10.7. The van der Waals surface area contributed by atoms with Gasteiger partial charge in [-0.15, -0.1) is 0 Å². The highest BCUT2D eigenvalue weighted by atomic mass is 19.1. The maximum absolute atomic E-state index is 14.1. The van der Waals surface area contributed by atoms with Crippen molar-refractivity contribution in [2.75, 3.05) is 37.9 Å². The Hall–Kier alpha value is -3.04. The highest BCUT2D eigenvalue weighted by Gasteiger charge is 2.10. The number of hydrogen-bond donors (Lipinski definition) is 2. The molecule has 0 fully saturated rings. The Morgan fingerprint density at radius 3 is 2.52 bits per heavy atom. The van der Waals surface area contributed by atoms with Crippen molar-refractivity contribution in [3.05, 3.63) is 59.7 Å². The number of amides is 3. The summed E-state index contributed by atoms with van der Waals surface area (Å²) in [6.07, 6.45) is 1.30. The Kier molecular flexibility index (Phi) is 8.50. The van der Waals surface area contributed by atoms with Crippen LogP contribution in [0.1, 0.15) is 12.0 Å². The highest BCUT2D eigenvalue weighted by Crippen LogP contribution is 2.18. The average Bonchev–Trinajstić information content (AvgIpc) is 2.69. The van der Waals surface area contributed by atoms with E-state index in [1.165, 1.54) is 37.4 Å². The van der Waals surface area contributed by atoms with Crippen LogP contribution in [0.25, 0.3) is 0 Å². The molecule has 0 aliphatic rings. The summed E-state index contributed by atoms with van der Waals surface area (Å²) in [4.78, 5) is 29.7. The number of nitrogens with zero attached hydrogens (tertiary/aromatic N) is 2. The Labute approximate surface area is 168 Å². The minimum absolute atomic E-state index is 0.0476. The van der Waals surface area contributed by atoms with Gasteiger partial charge in [0.15, 0.2) is 0 Å². The lowest BCUT2D eigenvalue weighted by Crippen LogP contribution is -2.23. The third kappa shape index (κ3) is 7.84. The van der Waals surface area contributed by atoms with Gasteiger partial charge in [0.05, 0.1) is 12.3 Å². The highest BCUT2D eigenvalue weighted by molar-refractivity contribution is 5.99. The van der Waals surface area contributed by atoms with E-state index in [-0.39, 0.29) is 5.69 Å². The number of hydrogen-bond acceptors (Lipinski definition) is 4. The summed E-state index contributed by atoms with van der Waals surface area (Å²) in [7, 11) is 3.43. The summed E-state index contributed by atoms with van der Waals surface area (Å²) in [6.45, 7) is 1.65. The van der Waals surface area contributed by atoms with Crippen LogP contribution < -0.4 is 10.6 Å². The van der Waals surface area contributed by atoms with Gasteiger partial charge in [0, 0.05) is 25.8 Å². The molecule has 3 amide bonds. The van der Waals surface area contributed by atoms with Crippen LogP contribution in [0.3, 0.4) is 0 Å². The molecule has 0 saturated carbocycles. The van der Waals surface area contributed by atoms with Crippen molar-refractivity contribution in [1.29, 1.82) is 0 Å². The van der Waals surface area contributed by atoms with Crippen molar-refractivity contribution >= 4 is 23.8 Å². The van der Waals surface area contributed by atoms with E-state index in [0.29, 0.717) is 38.2 Å². The first-order valence-electron chi connectivity index (χ1n) is 8.99. The van der Waals surface area contributed by atoms with Gasteiger partial charge < -0.3 is 15.5 Å². The minimum Gasteiger partial charge on any atom is -0.308 e. The van der Waals surface area contributed by atoms with E-state index in [1.807, 2.05) is 11.9 Å². The predicted molar refractivity (Wildman–Crippen MR) is 106 cm³/mol. The van der Waals surface area contributed by atoms with E-state index in [2.05, 4.69) is 10.6 Å². The van der Waals surface area contributed by atoms with Gasteiger partial charge in [0.2, 0.25) is 6.41 Å². The van der Waals surface area contributed by atoms with Crippen LogP contribution in [0.2, 0.25) is 0 Å². The van der Waals surface area contributed by atoms with E-state index >= 15 is 0 Å². The quantitative estimate of drug-likeness (QED) is 0.360. The first-order valence-corrected chi connectivity index (χ1v) is 8.99. The molecule has 2 aromatic rings. The lowest BCUT2D eigenvalue weighted by atomic mass is 10.1. The van der Waals surface area contributed by atoms with E-state index in [9.17, 15) is 18.4 Å². The van der Waals surface area contributed by atoms with Gasteiger partial charge in [0.1, 0.15) is 11.6 Å². The van der Waals surface area contributed by atoms with Gasteiger partial charge in [-0.25, -0.2) is 18.6 Å². The van der Waals surface area contributed by atoms with Gasteiger partial charge in [-0.1, -0.05) is 6.07 Å². The maximum atomic E-state index is 14.1. The van der Waals surface area contributed by atoms with Crippen molar-refractivity contribution in [1.82, 2.24) is 9.96 Å². The monoisotopic (exact) mass is 406 g/mol. The van der Waals surface area contributed by atoms with Crippen LogP contribution in [0.4, 0.5) is 25.0 Å². The van der Waals surface area contributed by atoms with E-state index in [1.54, 1.807) is 12.1 Å². The molecular weight excluding hydrogens is 382 g/mol. The molecule has 2 N–H and O–H groups in total. The molecule has 0 radical (unpaired) electrons. The lowest BCUT2D eigenvalue weighted by Gasteiger charge is -2.18. The summed E-state index contributed by atoms with van der Waals surface area (Å²) in [5, 5.41) is 6.09. The minimum atomic E-state index is -0.627. The molecule has 0 aliphatic heterocycles. The first-order chi connectivity index (χ1) is 13.9. The second-order valence-electron chi connectivity index (χ2n) is 6.48. The molecule has 0 unspecified atom stereocenters. The number of urea groups is 1. The van der Waals surface area contributed by atoms with Crippen molar-refractivity contribution < 1.29 is 23.2 Å². The smallest absolute Gasteiger partial charge is 0.308 e. The fourth-order valence-corrected chi connectivity index (χ4v) is 2.55. The van der Waals surface area contributed by atoms with Crippen LogP contribution in [0.15, 0.2) is 42.5 Å². The predicted octanol–water partition coefficient (Wildman–Crippen LogP) is 3.45. The number of hydroxylamine groups is 2. The topological polar surface area (TPSA) is 73.9 Å². The number of carbonyl (C=O) groups is 2. The number of rotatable bonds is 10. The van der Waals surface area contributed by atoms with Crippen LogP contribution in [0.5, 0.6) is 0 Å². The summed E-state index contributed by atoms with van der Waals surface area (Å²) < 4.78 is 27.0. The zero-order chi connectivity index (χ0) is 21.2. The molecule has 0 aromatic heterocycles. The summed E-state index contributed by atoms with van der Waals surface area (Å²) >= 11 is 0. The average molecular weight is 406 g/mol. The van der Waals surface area contributed by atoms with E-state index in [4.69, 9.17) is 4.84 Å². The van der Waals surface area contributed by atoms with Gasteiger partial charge in [0.25, 0.3) is 0 Å². The molecule has 9 heteroatoms. The molecule has 0 aliphatic carbocycles. The van der Waals surface area contributed by atoms with Gasteiger partial charge in [-0.3, -0.25) is 9.63 Å². The van der Waals surface area contributed by atoms with Crippen molar-refractivity contribution in [2.24, 2.45) is 0 Å². The van der Waals surface area contributed by atoms with Crippen LogP contribution in [-0.4, -0.2) is 49.7 Å². The third-order valence-corrected chi connectivity index (χ3v) is 3.96. The maximum Gasteiger partial charge on any atom is 0.323 e. The number of benzene rings is 2. The van der Waals surface area contributed by atoms with Crippen LogP contribution >= 0.6 is 0 Å². The standard InChI is InChI=1S/C20H24F2N4O3/c1-25(10-3-11-29-26(2)14-27)13-15-4-9-18(22)19(12-15)24-20(28)23-17-7-5-16(21)6-8-17/h4-9,12,14H,3,10-11,13H2,1-2H3,(H2,23,24,28). The Bertz CT molecular complexity index is 818. The number of anilines is 2. The van der Waals surface area contributed by atoms with Gasteiger partial charge in [-0.05, 0) is 55.4 Å². The summed E-state index contributed by atoms with van der Waals surface area (Å²) in [5.74, 6) is -0.975. The second kappa shape index (κ2) is 11.1. The lowest BCUT2D eigenvalue weighted by molar-refractivity contribution is -0.163. The van der Waals surface area contributed by atoms with Crippen molar-refractivity contribution in [3.63, 3.8) is 0 Å². The summed E-state index contributed by atoms with van der Waals surface area (Å²) in [5.41, 5.74) is 1.26. The number of nitrogens with one attached hydrogen (secondary N) is 2. The van der Waals surface area contributed by atoms with Crippen molar-refractivity contribution in [2.45, 2.75) is 13.0 Å². The molecule has 7 nitrogen and oxygen atoms in total. The van der Waals surface area contributed by atoms with Crippen LogP contribution in [-0.2, 0) is 16.2 Å². The SMILES string of the molecule is CN(CCCON(C)C=O)Cc1ccc(F)c(NC(=O)Nc2ccc(F)cc2)c1. The summed E-state index contributed by atoms with van der Waals surface area (Å²) in [6, 6.07) is 9.12. The Morgan fingerprint density at radius 1 is 1.10 bits per heavy atom. The fraction of sp³-hybridized carbons (Fsp3) is 0.300. The molecule has 0 bridgehead atoms. The zero-order valence-electron chi connectivity index (χ0n) is 16.3. The molecule has 2 rings (SSSR count). The molecule has 2 aromatic carbocycles. The first kappa shape index (κ1) is 22.3. The number of halogens is 2. The second-order valence-corrected chi connectivity index (χ2v) is 6.48. The molecule has 0 saturated heterocycles. The fourth-order valence-electron chi connectivity index (χ4n) is 2.55. The molecule has 0 atom stereocenters. The molecular formula is C20H24F2N4O3. The molecule has 29 heavy (non-hydrogen) atoms. The Balaban J connectivity index is 1.87. The zero-order valence-corrected chi connectivity index (χ0v) is 16.3. The van der Waals surface area contributed by atoms with Gasteiger partial charge in [-0.2, -0.15) is 0 Å². The molecule has 156 valence electrons. The molecule has 0 heterocycles. The largest absolute Gasteiger partial charge is 0.323 e. The van der Waals surface area contributed by atoms with E-state index < -0.39 is 17.7 Å². The van der Waals surface area contributed by atoms with Gasteiger partial charge >= 0.3 is 6.03 Å². The Morgan fingerprint density at radius 2 is 1.83 bits per heavy atom. The number of carbonyl (C=O) groups excluding carboxylic acids is 2. The van der Waals surface area contributed by atoms with Crippen LogP contribution in [0, 0.1) is 11.6 Å².